The normalized spacial score (nSPS) is 19.0. The lowest BCUT2D eigenvalue weighted by atomic mass is 10.1. The molecule has 6 heteroatoms. The van der Waals surface area contributed by atoms with Crippen LogP contribution in [0.3, 0.4) is 0 Å². The van der Waals surface area contributed by atoms with Crippen molar-refractivity contribution in [3.05, 3.63) is 22.3 Å². The monoisotopic (exact) mass is 342 g/mol. The summed E-state index contributed by atoms with van der Waals surface area (Å²) in [4.78, 5) is 29.0. The Morgan fingerprint density at radius 3 is 3.05 bits per heavy atom. The summed E-state index contributed by atoms with van der Waals surface area (Å²) in [6.45, 7) is 4.16. The SMILES string of the molecule is CC(=O)SCC1CC(=O)N(c2nccc(C)c2Br)C1. The van der Waals surface area contributed by atoms with Gasteiger partial charge in [-0.1, -0.05) is 11.8 Å². The minimum atomic E-state index is 0.0768. The summed E-state index contributed by atoms with van der Waals surface area (Å²) in [5.74, 6) is 1.67. The van der Waals surface area contributed by atoms with E-state index in [-0.39, 0.29) is 16.9 Å². The van der Waals surface area contributed by atoms with Crippen LogP contribution in [0.15, 0.2) is 16.7 Å². The molecule has 2 rings (SSSR count). The van der Waals surface area contributed by atoms with Gasteiger partial charge in [0.15, 0.2) is 5.12 Å². The molecule has 1 amide bonds. The van der Waals surface area contributed by atoms with Gasteiger partial charge in [0.2, 0.25) is 5.91 Å². The maximum Gasteiger partial charge on any atom is 0.228 e. The van der Waals surface area contributed by atoms with Crippen LogP contribution in [0.5, 0.6) is 0 Å². The number of amides is 1. The Morgan fingerprint density at radius 1 is 1.63 bits per heavy atom. The van der Waals surface area contributed by atoms with Crippen molar-refractivity contribution in [2.75, 3.05) is 17.2 Å². The minimum absolute atomic E-state index is 0.0768. The molecule has 0 N–H and O–H groups in total. The van der Waals surface area contributed by atoms with Crippen LogP contribution in [0.2, 0.25) is 0 Å². The molecule has 0 saturated carbocycles. The number of hydrogen-bond acceptors (Lipinski definition) is 4. The summed E-state index contributed by atoms with van der Waals surface area (Å²) in [5.41, 5.74) is 1.05. The van der Waals surface area contributed by atoms with Crippen molar-refractivity contribution >= 4 is 44.5 Å². The largest absolute Gasteiger partial charge is 0.296 e. The molecular weight excluding hydrogens is 328 g/mol. The molecular formula is C13H15BrN2O2S. The van der Waals surface area contributed by atoms with Crippen LogP contribution >= 0.6 is 27.7 Å². The Labute approximate surface area is 125 Å². The van der Waals surface area contributed by atoms with Gasteiger partial charge in [-0.2, -0.15) is 0 Å². The van der Waals surface area contributed by atoms with E-state index in [1.165, 1.54) is 11.8 Å². The lowest BCUT2D eigenvalue weighted by Gasteiger charge is -2.17. The maximum absolute atomic E-state index is 12.1. The summed E-state index contributed by atoms with van der Waals surface area (Å²) in [6, 6.07) is 1.90. The van der Waals surface area contributed by atoms with E-state index in [0.29, 0.717) is 24.5 Å². The van der Waals surface area contributed by atoms with Gasteiger partial charge >= 0.3 is 0 Å². The molecule has 1 aromatic rings. The predicted molar refractivity (Wildman–Crippen MR) is 80.3 cm³/mol. The first-order chi connectivity index (χ1) is 8.99. The van der Waals surface area contributed by atoms with Crippen LogP contribution in [0, 0.1) is 12.8 Å². The van der Waals surface area contributed by atoms with Crippen LogP contribution in [-0.2, 0) is 9.59 Å². The molecule has 4 nitrogen and oxygen atoms in total. The zero-order valence-electron chi connectivity index (χ0n) is 10.9. The lowest BCUT2D eigenvalue weighted by molar-refractivity contribution is -0.117. The molecule has 0 spiro atoms. The van der Waals surface area contributed by atoms with E-state index in [4.69, 9.17) is 0 Å². The number of pyridine rings is 1. The number of carbonyl (C=O) groups is 2. The first-order valence-corrected chi connectivity index (χ1v) is 7.81. The Morgan fingerprint density at radius 2 is 2.37 bits per heavy atom. The number of nitrogens with zero attached hydrogens (tertiary/aromatic N) is 2. The van der Waals surface area contributed by atoms with E-state index in [2.05, 4.69) is 20.9 Å². The topological polar surface area (TPSA) is 50.3 Å². The number of thioether (sulfide) groups is 1. The smallest absolute Gasteiger partial charge is 0.228 e. The molecule has 1 fully saturated rings. The van der Waals surface area contributed by atoms with Gasteiger partial charge in [0.05, 0.1) is 4.47 Å². The third-order valence-corrected chi connectivity index (χ3v) is 5.07. The summed E-state index contributed by atoms with van der Waals surface area (Å²) in [6.07, 6.45) is 2.20. The van der Waals surface area contributed by atoms with Crippen molar-refractivity contribution in [2.24, 2.45) is 5.92 Å². The average molecular weight is 343 g/mol. The summed E-state index contributed by atoms with van der Waals surface area (Å²) < 4.78 is 0.864. The molecule has 1 atom stereocenters. The molecule has 1 aliphatic heterocycles. The summed E-state index contributed by atoms with van der Waals surface area (Å²) in [7, 11) is 0. The minimum Gasteiger partial charge on any atom is -0.296 e. The van der Waals surface area contributed by atoms with Gasteiger partial charge in [0.25, 0.3) is 0 Å². The van der Waals surface area contributed by atoms with Gasteiger partial charge in [-0.15, -0.1) is 0 Å². The molecule has 0 aliphatic carbocycles. The first kappa shape index (κ1) is 14.5. The summed E-state index contributed by atoms with van der Waals surface area (Å²) >= 11 is 4.77. The quantitative estimate of drug-likeness (QED) is 0.847. The Kier molecular flexibility index (Phi) is 4.62. The highest BCUT2D eigenvalue weighted by Gasteiger charge is 2.32. The zero-order chi connectivity index (χ0) is 14.0. The molecule has 0 radical (unpaired) electrons. The summed E-state index contributed by atoms with van der Waals surface area (Å²) in [5, 5.41) is 0.0979. The number of rotatable bonds is 3. The Bertz CT molecular complexity index is 521. The lowest BCUT2D eigenvalue weighted by Crippen LogP contribution is -2.26. The van der Waals surface area contributed by atoms with Crippen LogP contribution in [0.4, 0.5) is 5.82 Å². The van der Waals surface area contributed by atoms with E-state index >= 15 is 0 Å². The number of aryl methyl sites for hydroxylation is 1. The molecule has 1 aromatic heterocycles. The third-order valence-electron chi connectivity index (χ3n) is 3.05. The highest BCUT2D eigenvalue weighted by molar-refractivity contribution is 9.10. The van der Waals surface area contributed by atoms with Gasteiger partial charge in [-0.3, -0.25) is 14.5 Å². The second-order valence-corrected chi connectivity index (χ2v) is 6.63. The zero-order valence-corrected chi connectivity index (χ0v) is 13.3. The fraction of sp³-hybridized carbons (Fsp3) is 0.462. The van der Waals surface area contributed by atoms with Gasteiger partial charge in [0.1, 0.15) is 5.82 Å². The van der Waals surface area contributed by atoms with E-state index < -0.39 is 0 Å². The molecule has 0 bridgehead atoms. The second-order valence-electron chi connectivity index (χ2n) is 4.64. The van der Waals surface area contributed by atoms with Gasteiger partial charge in [0, 0.05) is 31.8 Å². The van der Waals surface area contributed by atoms with Crippen LogP contribution < -0.4 is 4.90 Å². The average Bonchev–Trinajstić information content (AvgIpc) is 2.71. The molecule has 1 unspecified atom stereocenters. The predicted octanol–water partition coefficient (Wildman–Crippen LogP) is 2.79. The second kappa shape index (κ2) is 6.05. The number of carbonyl (C=O) groups excluding carboxylic acids is 2. The Balaban J connectivity index is 2.11. The molecule has 1 saturated heterocycles. The number of anilines is 1. The van der Waals surface area contributed by atoms with Crippen LogP contribution in [-0.4, -0.2) is 28.3 Å². The van der Waals surface area contributed by atoms with Crippen LogP contribution in [0.25, 0.3) is 0 Å². The van der Waals surface area contributed by atoms with E-state index in [1.54, 1.807) is 18.0 Å². The van der Waals surface area contributed by atoms with Gasteiger partial charge in [-0.05, 0) is 40.4 Å². The molecule has 1 aliphatic rings. The van der Waals surface area contributed by atoms with E-state index in [0.717, 1.165) is 10.0 Å². The molecule has 19 heavy (non-hydrogen) atoms. The standard InChI is InChI=1S/C13H15BrN2O2S/c1-8-3-4-15-13(12(8)14)16-6-10(5-11(16)18)7-19-9(2)17/h3-4,10H,5-7H2,1-2H3. The van der Waals surface area contributed by atoms with Crippen molar-refractivity contribution in [1.82, 2.24) is 4.98 Å². The number of hydrogen-bond donors (Lipinski definition) is 0. The number of aromatic nitrogens is 1. The maximum atomic E-state index is 12.1. The fourth-order valence-corrected chi connectivity index (χ4v) is 3.19. The van der Waals surface area contributed by atoms with Gasteiger partial charge in [-0.25, -0.2) is 4.98 Å². The van der Waals surface area contributed by atoms with Gasteiger partial charge < -0.3 is 0 Å². The van der Waals surface area contributed by atoms with Crippen molar-refractivity contribution < 1.29 is 9.59 Å². The molecule has 102 valence electrons. The van der Waals surface area contributed by atoms with E-state index in [9.17, 15) is 9.59 Å². The van der Waals surface area contributed by atoms with Crippen LogP contribution in [0.1, 0.15) is 18.9 Å². The van der Waals surface area contributed by atoms with Crippen molar-refractivity contribution in [2.45, 2.75) is 20.3 Å². The Hall–Kier alpha value is -0.880. The van der Waals surface area contributed by atoms with Crippen molar-refractivity contribution in [3.8, 4) is 0 Å². The van der Waals surface area contributed by atoms with Crippen molar-refractivity contribution in [3.63, 3.8) is 0 Å². The highest BCUT2D eigenvalue weighted by atomic mass is 79.9. The number of halogens is 1. The van der Waals surface area contributed by atoms with E-state index in [1.807, 2.05) is 13.0 Å². The molecule has 0 aromatic carbocycles. The fourth-order valence-electron chi connectivity index (χ4n) is 2.05. The third kappa shape index (κ3) is 3.36. The highest BCUT2D eigenvalue weighted by Crippen LogP contribution is 2.32. The van der Waals surface area contributed by atoms with Crippen molar-refractivity contribution in [1.29, 1.82) is 0 Å². The first-order valence-electron chi connectivity index (χ1n) is 6.04. The molecule has 2 heterocycles.